The van der Waals surface area contributed by atoms with Gasteiger partial charge in [0, 0.05) is 51.0 Å². The van der Waals surface area contributed by atoms with Gasteiger partial charge in [0.05, 0.1) is 0 Å². The molecule has 0 radical (unpaired) electrons. The lowest BCUT2D eigenvalue weighted by atomic mass is 10.2. The first kappa shape index (κ1) is 16.8. The fraction of sp³-hybridized carbons (Fsp3) is 0.412. The highest BCUT2D eigenvalue weighted by Crippen LogP contribution is 2.18. The standard InChI is InChI=1S/C17H23ClN6/c1-13-3-2-4-14(11-13)24-9-7-23(8-10-24)6-5-20-16-12-15(18)21-17(19)22-16/h2-4,11-12H,5-10H2,1H3,(H3,19,20,21,22). The fourth-order valence-electron chi connectivity index (χ4n) is 2.92. The van der Waals surface area contributed by atoms with Crippen LogP contribution in [0.2, 0.25) is 5.15 Å². The molecule has 0 amide bonds. The maximum Gasteiger partial charge on any atom is 0.223 e. The molecular formula is C17H23ClN6. The number of aromatic nitrogens is 2. The highest BCUT2D eigenvalue weighted by molar-refractivity contribution is 6.29. The van der Waals surface area contributed by atoms with Crippen LogP contribution in [0.5, 0.6) is 0 Å². The number of aryl methyl sites for hydroxylation is 1. The summed E-state index contributed by atoms with van der Waals surface area (Å²) in [5.74, 6) is 0.864. The fourth-order valence-corrected chi connectivity index (χ4v) is 3.11. The third kappa shape index (κ3) is 4.49. The lowest BCUT2D eigenvalue weighted by molar-refractivity contribution is 0.267. The summed E-state index contributed by atoms with van der Waals surface area (Å²) in [5, 5.41) is 3.61. The molecule has 0 spiro atoms. The van der Waals surface area contributed by atoms with Crippen LogP contribution in [0.15, 0.2) is 30.3 Å². The largest absolute Gasteiger partial charge is 0.369 e. The third-order valence-electron chi connectivity index (χ3n) is 4.19. The molecule has 0 aliphatic carbocycles. The lowest BCUT2D eigenvalue weighted by Gasteiger charge is -2.36. The van der Waals surface area contributed by atoms with Crippen molar-refractivity contribution in [2.24, 2.45) is 0 Å². The molecule has 1 aromatic heterocycles. The summed E-state index contributed by atoms with van der Waals surface area (Å²) < 4.78 is 0. The van der Waals surface area contributed by atoms with Gasteiger partial charge in [-0.1, -0.05) is 23.7 Å². The quantitative estimate of drug-likeness (QED) is 0.809. The smallest absolute Gasteiger partial charge is 0.223 e. The van der Waals surface area contributed by atoms with Crippen LogP contribution in [0.1, 0.15) is 5.56 Å². The van der Waals surface area contributed by atoms with Crippen molar-refractivity contribution < 1.29 is 0 Å². The highest BCUT2D eigenvalue weighted by atomic mass is 35.5. The van der Waals surface area contributed by atoms with Gasteiger partial charge in [-0.25, -0.2) is 4.98 Å². The Kier molecular flexibility index (Phi) is 5.37. The van der Waals surface area contributed by atoms with Crippen LogP contribution >= 0.6 is 11.6 Å². The van der Waals surface area contributed by atoms with Gasteiger partial charge in [-0.05, 0) is 24.6 Å². The van der Waals surface area contributed by atoms with Crippen molar-refractivity contribution in [2.75, 3.05) is 55.2 Å². The normalized spacial score (nSPS) is 15.5. The van der Waals surface area contributed by atoms with E-state index in [2.05, 4.69) is 56.3 Å². The first-order chi connectivity index (χ1) is 11.6. The van der Waals surface area contributed by atoms with Crippen LogP contribution in [-0.2, 0) is 0 Å². The monoisotopic (exact) mass is 346 g/mol. The van der Waals surface area contributed by atoms with E-state index in [0.717, 1.165) is 39.3 Å². The molecule has 24 heavy (non-hydrogen) atoms. The number of anilines is 3. The van der Waals surface area contributed by atoms with E-state index in [1.165, 1.54) is 11.3 Å². The summed E-state index contributed by atoms with van der Waals surface area (Å²) in [7, 11) is 0. The molecule has 1 aliphatic rings. The Balaban J connectivity index is 1.44. The summed E-state index contributed by atoms with van der Waals surface area (Å²) in [6.07, 6.45) is 0. The van der Waals surface area contributed by atoms with Gasteiger partial charge in [0.25, 0.3) is 0 Å². The van der Waals surface area contributed by atoms with Crippen LogP contribution in [0.3, 0.4) is 0 Å². The Morgan fingerprint density at radius 2 is 1.96 bits per heavy atom. The van der Waals surface area contributed by atoms with Crippen molar-refractivity contribution in [1.29, 1.82) is 0 Å². The van der Waals surface area contributed by atoms with Crippen molar-refractivity contribution in [2.45, 2.75) is 6.92 Å². The molecule has 0 unspecified atom stereocenters. The molecule has 1 aromatic carbocycles. The minimum absolute atomic E-state index is 0.191. The van der Waals surface area contributed by atoms with Crippen LogP contribution in [0.4, 0.5) is 17.5 Å². The zero-order chi connectivity index (χ0) is 16.9. The summed E-state index contributed by atoms with van der Waals surface area (Å²) in [6, 6.07) is 10.4. The van der Waals surface area contributed by atoms with Gasteiger partial charge < -0.3 is 16.0 Å². The number of nitrogens with one attached hydrogen (secondary N) is 1. The highest BCUT2D eigenvalue weighted by Gasteiger charge is 2.16. The van der Waals surface area contributed by atoms with Crippen molar-refractivity contribution in [1.82, 2.24) is 14.9 Å². The average Bonchev–Trinajstić information content (AvgIpc) is 2.55. The van der Waals surface area contributed by atoms with Gasteiger partial charge in [0.1, 0.15) is 11.0 Å². The molecule has 128 valence electrons. The van der Waals surface area contributed by atoms with E-state index in [0.29, 0.717) is 11.0 Å². The Morgan fingerprint density at radius 3 is 2.67 bits per heavy atom. The van der Waals surface area contributed by atoms with Crippen LogP contribution in [0.25, 0.3) is 0 Å². The van der Waals surface area contributed by atoms with Gasteiger partial charge in [-0.2, -0.15) is 4.98 Å². The van der Waals surface area contributed by atoms with Crippen molar-refractivity contribution in [3.05, 3.63) is 41.0 Å². The topological polar surface area (TPSA) is 70.3 Å². The number of nitrogen functional groups attached to an aromatic ring is 1. The van der Waals surface area contributed by atoms with Crippen LogP contribution < -0.4 is 16.0 Å². The van der Waals surface area contributed by atoms with E-state index in [1.54, 1.807) is 6.07 Å². The number of piperazine rings is 1. The minimum Gasteiger partial charge on any atom is -0.369 e. The minimum atomic E-state index is 0.191. The van der Waals surface area contributed by atoms with E-state index >= 15 is 0 Å². The second kappa shape index (κ2) is 7.68. The molecule has 0 saturated carbocycles. The SMILES string of the molecule is Cc1cccc(N2CCN(CCNc3cc(Cl)nc(N)n3)CC2)c1. The number of halogens is 1. The van der Waals surface area contributed by atoms with Crippen molar-refractivity contribution in [3.8, 4) is 0 Å². The number of nitrogens with zero attached hydrogens (tertiary/aromatic N) is 4. The molecule has 0 bridgehead atoms. The second-order valence-electron chi connectivity index (χ2n) is 6.03. The lowest BCUT2D eigenvalue weighted by Crippen LogP contribution is -2.47. The Hall–Kier alpha value is -2.05. The maximum absolute atomic E-state index is 5.88. The number of rotatable bonds is 5. The third-order valence-corrected chi connectivity index (χ3v) is 4.38. The summed E-state index contributed by atoms with van der Waals surface area (Å²) in [4.78, 5) is 12.9. The van der Waals surface area contributed by atoms with Gasteiger partial charge in [-0.15, -0.1) is 0 Å². The van der Waals surface area contributed by atoms with E-state index < -0.39 is 0 Å². The Morgan fingerprint density at radius 1 is 1.17 bits per heavy atom. The second-order valence-corrected chi connectivity index (χ2v) is 6.42. The predicted molar refractivity (Wildman–Crippen MR) is 99.8 cm³/mol. The summed E-state index contributed by atoms with van der Waals surface area (Å²) in [6.45, 7) is 8.12. The van der Waals surface area contributed by atoms with E-state index in [4.69, 9.17) is 17.3 Å². The number of hydrogen-bond acceptors (Lipinski definition) is 6. The molecular weight excluding hydrogens is 324 g/mol. The zero-order valence-corrected chi connectivity index (χ0v) is 14.6. The van der Waals surface area contributed by atoms with Gasteiger partial charge >= 0.3 is 0 Å². The number of benzene rings is 1. The predicted octanol–water partition coefficient (Wildman–Crippen LogP) is 2.25. The molecule has 0 atom stereocenters. The summed E-state index contributed by atoms with van der Waals surface area (Å²) in [5.41, 5.74) is 8.22. The van der Waals surface area contributed by atoms with E-state index in [9.17, 15) is 0 Å². The summed E-state index contributed by atoms with van der Waals surface area (Å²) >= 11 is 5.88. The molecule has 2 heterocycles. The molecule has 3 rings (SSSR count). The molecule has 1 saturated heterocycles. The van der Waals surface area contributed by atoms with E-state index in [1.807, 2.05) is 0 Å². The number of nitrogens with two attached hydrogens (primary N) is 1. The Bertz CT molecular complexity index is 664. The van der Waals surface area contributed by atoms with Crippen LogP contribution in [0, 0.1) is 6.92 Å². The van der Waals surface area contributed by atoms with E-state index in [-0.39, 0.29) is 5.95 Å². The first-order valence-corrected chi connectivity index (χ1v) is 8.56. The van der Waals surface area contributed by atoms with Gasteiger partial charge in [-0.3, -0.25) is 4.90 Å². The maximum atomic E-state index is 5.88. The number of hydrogen-bond donors (Lipinski definition) is 2. The molecule has 6 nitrogen and oxygen atoms in total. The van der Waals surface area contributed by atoms with Crippen molar-refractivity contribution >= 4 is 29.1 Å². The van der Waals surface area contributed by atoms with Gasteiger partial charge in [0.15, 0.2) is 0 Å². The molecule has 1 fully saturated rings. The molecule has 2 aromatic rings. The van der Waals surface area contributed by atoms with Crippen molar-refractivity contribution in [3.63, 3.8) is 0 Å². The van der Waals surface area contributed by atoms with Gasteiger partial charge in [0.2, 0.25) is 5.95 Å². The zero-order valence-electron chi connectivity index (χ0n) is 13.9. The molecule has 3 N–H and O–H groups in total. The Labute approximate surface area is 147 Å². The molecule has 1 aliphatic heterocycles. The molecule has 7 heteroatoms. The van der Waals surface area contributed by atoms with Crippen LogP contribution in [-0.4, -0.2) is 54.1 Å². The average molecular weight is 347 g/mol. The first-order valence-electron chi connectivity index (χ1n) is 8.18.